The topological polar surface area (TPSA) is 84.5 Å². The van der Waals surface area contributed by atoms with E-state index in [-0.39, 0.29) is 4.90 Å². The van der Waals surface area contributed by atoms with Crippen molar-refractivity contribution in [2.24, 2.45) is 0 Å². The largest absolute Gasteiger partial charge is 0.494 e. The van der Waals surface area contributed by atoms with Gasteiger partial charge in [-0.3, -0.25) is 10.2 Å². The predicted molar refractivity (Wildman–Crippen MR) is 86.6 cm³/mol. The van der Waals surface area contributed by atoms with Crippen LogP contribution in [0.15, 0.2) is 53.4 Å². The highest BCUT2D eigenvalue weighted by Crippen LogP contribution is 2.15. The summed E-state index contributed by atoms with van der Waals surface area (Å²) >= 11 is 0. The second kappa shape index (κ2) is 7.26. The number of rotatable bonds is 6. The van der Waals surface area contributed by atoms with Gasteiger partial charge >= 0.3 is 0 Å². The Morgan fingerprint density at radius 1 is 1.04 bits per heavy atom. The third-order valence-corrected chi connectivity index (χ3v) is 4.32. The SMILES string of the molecule is CCOc1ccc(S(=O)(=O)NNC(=O)c2ccc(C)cc2)cc1. The maximum Gasteiger partial charge on any atom is 0.266 e. The molecule has 1 amide bonds. The van der Waals surface area contributed by atoms with Gasteiger partial charge in [0.15, 0.2) is 0 Å². The molecular formula is C16H18N2O4S. The van der Waals surface area contributed by atoms with Gasteiger partial charge in [-0.25, -0.2) is 8.42 Å². The van der Waals surface area contributed by atoms with Crippen molar-refractivity contribution < 1.29 is 17.9 Å². The van der Waals surface area contributed by atoms with E-state index in [1.807, 2.05) is 13.8 Å². The fraction of sp³-hybridized carbons (Fsp3) is 0.188. The molecule has 23 heavy (non-hydrogen) atoms. The minimum Gasteiger partial charge on any atom is -0.494 e. The summed E-state index contributed by atoms with van der Waals surface area (Å²) in [6.07, 6.45) is 0. The minimum atomic E-state index is -3.84. The zero-order valence-electron chi connectivity index (χ0n) is 12.9. The first-order chi connectivity index (χ1) is 10.9. The molecule has 2 aromatic carbocycles. The van der Waals surface area contributed by atoms with E-state index in [9.17, 15) is 13.2 Å². The molecule has 0 atom stereocenters. The Morgan fingerprint density at radius 3 is 2.22 bits per heavy atom. The Bertz CT molecular complexity index is 769. The van der Waals surface area contributed by atoms with Crippen LogP contribution in [-0.4, -0.2) is 20.9 Å². The smallest absolute Gasteiger partial charge is 0.266 e. The van der Waals surface area contributed by atoms with E-state index in [2.05, 4.69) is 10.3 Å². The molecule has 0 aliphatic carbocycles. The van der Waals surface area contributed by atoms with Crippen LogP contribution in [0, 0.1) is 6.92 Å². The van der Waals surface area contributed by atoms with E-state index in [0.717, 1.165) is 5.56 Å². The van der Waals surface area contributed by atoms with Gasteiger partial charge in [0.25, 0.3) is 15.9 Å². The van der Waals surface area contributed by atoms with Crippen LogP contribution < -0.4 is 15.0 Å². The van der Waals surface area contributed by atoms with Gasteiger partial charge in [-0.05, 0) is 50.2 Å². The summed E-state index contributed by atoms with van der Waals surface area (Å²) in [4.78, 5) is 14.0. The Labute approximate surface area is 135 Å². The fourth-order valence-electron chi connectivity index (χ4n) is 1.83. The van der Waals surface area contributed by atoms with Crippen LogP contribution in [0.2, 0.25) is 0 Å². The summed E-state index contributed by atoms with van der Waals surface area (Å²) in [6.45, 7) is 4.24. The Balaban J connectivity index is 2.03. The molecule has 0 aromatic heterocycles. The molecule has 0 saturated carbocycles. The van der Waals surface area contributed by atoms with E-state index >= 15 is 0 Å². The molecule has 0 fully saturated rings. The number of hydrazine groups is 1. The fourth-order valence-corrected chi connectivity index (χ4v) is 2.67. The van der Waals surface area contributed by atoms with Gasteiger partial charge in [0.2, 0.25) is 0 Å². The highest BCUT2D eigenvalue weighted by atomic mass is 32.2. The standard InChI is InChI=1S/C16H18N2O4S/c1-3-22-14-8-10-15(11-9-14)23(20,21)18-17-16(19)13-6-4-12(2)5-7-13/h4-11,18H,3H2,1-2H3,(H,17,19). The lowest BCUT2D eigenvalue weighted by Gasteiger charge is -2.09. The van der Waals surface area contributed by atoms with E-state index in [0.29, 0.717) is 17.9 Å². The maximum atomic E-state index is 12.1. The lowest BCUT2D eigenvalue weighted by atomic mass is 10.1. The molecule has 0 saturated heterocycles. The van der Waals surface area contributed by atoms with Gasteiger partial charge in [-0.1, -0.05) is 17.7 Å². The first-order valence-corrected chi connectivity index (χ1v) is 8.52. The van der Waals surface area contributed by atoms with Crippen molar-refractivity contribution in [2.45, 2.75) is 18.7 Å². The molecule has 0 spiro atoms. The van der Waals surface area contributed by atoms with Gasteiger partial charge in [-0.2, -0.15) is 0 Å². The summed E-state index contributed by atoms with van der Waals surface area (Å²) in [5, 5.41) is 0. The lowest BCUT2D eigenvalue weighted by molar-refractivity contribution is 0.0945. The highest BCUT2D eigenvalue weighted by molar-refractivity contribution is 7.89. The van der Waals surface area contributed by atoms with Crippen LogP contribution in [0.1, 0.15) is 22.8 Å². The number of hydrogen-bond donors (Lipinski definition) is 2. The summed E-state index contributed by atoms with van der Waals surface area (Å²) in [5.41, 5.74) is 3.57. The Hall–Kier alpha value is -2.38. The summed E-state index contributed by atoms with van der Waals surface area (Å²) in [5.74, 6) is 0.0506. The number of aryl methyl sites for hydroxylation is 1. The predicted octanol–water partition coefficient (Wildman–Crippen LogP) is 2.02. The molecule has 0 radical (unpaired) electrons. The molecule has 0 aliphatic heterocycles. The van der Waals surface area contributed by atoms with Crippen LogP contribution >= 0.6 is 0 Å². The van der Waals surface area contributed by atoms with Gasteiger partial charge in [0, 0.05) is 5.56 Å². The Kier molecular flexibility index (Phi) is 5.36. The number of carbonyl (C=O) groups excluding carboxylic acids is 1. The van der Waals surface area contributed by atoms with E-state index in [4.69, 9.17) is 4.74 Å². The monoisotopic (exact) mass is 334 g/mol. The molecule has 122 valence electrons. The summed E-state index contributed by atoms with van der Waals surface area (Å²) < 4.78 is 29.5. The third kappa shape index (κ3) is 4.54. The van der Waals surface area contributed by atoms with E-state index < -0.39 is 15.9 Å². The number of nitrogens with one attached hydrogen (secondary N) is 2. The lowest BCUT2D eigenvalue weighted by Crippen LogP contribution is -2.41. The summed E-state index contributed by atoms with van der Waals surface area (Å²) in [6, 6.07) is 12.7. The van der Waals surface area contributed by atoms with Crippen LogP contribution in [0.4, 0.5) is 0 Å². The normalized spacial score (nSPS) is 11.0. The van der Waals surface area contributed by atoms with Gasteiger partial charge in [-0.15, -0.1) is 4.83 Å². The van der Waals surface area contributed by atoms with E-state index in [1.54, 1.807) is 36.4 Å². The van der Waals surface area contributed by atoms with Crippen molar-refractivity contribution in [3.63, 3.8) is 0 Å². The number of amides is 1. The second-order valence-electron chi connectivity index (χ2n) is 4.83. The van der Waals surface area contributed by atoms with Crippen molar-refractivity contribution in [1.29, 1.82) is 0 Å². The average Bonchev–Trinajstić information content (AvgIpc) is 2.54. The molecule has 2 aromatic rings. The molecule has 0 heterocycles. The first kappa shape index (κ1) is 17.0. The number of ether oxygens (including phenoxy) is 1. The quantitative estimate of drug-likeness (QED) is 0.792. The highest BCUT2D eigenvalue weighted by Gasteiger charge is 2.15. The molecule has 0 aliphatic rings. The molecule has 6 nitrogen and oxygen atoms in total. The molecule has 7 heteroatoms. The van der Waals surface area contributed by atoms with Crippen LogP contribution in [0.3, 0.4) is 0 Å². The van der Waals surface area contributed by atoms with Gasteiger partial charge in [0.1, 0.15) is 5.75 Å². The second-order valence-corrected chi connectivity index (χ2v) is 6.51. The van der Waals surface area contributed by atoms with Crippen molar-refractivity contribution in [3.8, 4) is 5.75 Å². The average molecular weight is 334 g/mol. The van der Waals surface area contributed by atoms with Crippen LogP contribution in [-0.2, 0) is 10.0 Å². The Morgan fingerprint density at radius 2 is 1.65 bits per heavy atom. The van der Waals surface area contributed by atoms with Gasteiger partial charge < -0.3 is 4.74 Å². The molecule has 2 N–H and O–H groups in total. The molecule has 0 bridgehead atoms. The number of carbonyl (C=O) groups is 1. The maximum absolute atomic E-state index is 12.1. The zero-order valence-corrected chi connectivity index (χ0v) is 13.7. The first-order valence-electron chi connectivity index (χ1n) is 7.04. The number of sulfonamides is 1. The van der Waals surface area contributed by atoms with Crippen molar-refractivity contribution in [1.82, 2.24) is 10.3 Å². The van der Waals surface area contributed by atoms with Crippen molar-refractivity contribution >= 4 is 15.9 Å². The molecular weight excluding hydrogens is 316 g/mol. The van der Waals surface area contributed by atoms with Crippen molar-refractivity contribution in [3.05, 3.63) is 59.7 Å². The van der Waals surface area contributed by atoms with Crippen LogP contribution in [0.25, 0.3) is 0 Å². The third-order valence-electron chi connectivity index (χ3n) is 3.06. The molecule has 2 rings (SSSR count). The van der Waals surface area contributed by atoms with Crippen molar-refractivity contribution in [2.75, 3.05) is 6.61 Å². The number of benzene rings is 2. The van der Waals surface area contributed by atoms with E-state index in [1.165, 1.54) is 12.1 Å². The zero-order chi connectivity index (χ0) is 16.9. The van der Waals surface area contributed by atoms with Gasteiger partial charge in [0.05, 0.1) is 11.5 Å². The summed E-state index contributed by atoms with van der Waals surface area (Å²) in [7, 11) is -3.84. The minimum absolute atomic E-state index is 0.0326. The van der Waals surface area contributed by atoms with Crippen LogP contribution in [0.5, 0.6) is 5.75 Å². The number of hydrogen-bond acceptors (Lipinski definition) is 4. The molecule has 0 unspecified atom stereocenters.